The van der Waals surface area contributed by atoms with Gasteiger partial charge < -0.3 is 9.47 Å². The minimum Gasteiger partial charge on any atom is -0.497 e. The first kappa shape index (κ1) is 17.4. The lowest BCUT2D eigenvalue weighted by Gasteiger charge is -2.22. The molecule has 0 amide bonds. The van der Waals surface area contributed by atoms with E-state index in [1.165, 1.54) is 6.08 Å². The molecule has 0 bridgehead atoms. The Hall–Kier alpha value is -3.39. The molecule has 130 valence electrons. The van der Waals surface area contributed by atoms with Crippen molar-refractivity contribution < 1.29 is 19.1 Å². The summed E-state index contributed by atoms with van der Waals surface area (Å²) in [5, 5.41) is 8.96. The number of nitriles is 1. The van der Waals surface area contributed by atoms with Crippen LogP contribution >= 0.6 is 0 Å². The van der Waals surface area contributed by atoms with Crippen molar-refractivity contribution in [1.82, 2.24) is 0 Å². The van der Waals surface area contributed by atoms with E-state index in [-0.39, 0.29) is 18.1 Å². The Labute approximate surface area is 151 Å². The molecule has 2 aromatic rings. The summed E-state index contributed by atoms with van der Waals surface area (Å²) >= 11 is 0. The van der Waals surface area contributed by atoms with Crippen LogP contribution in [0.5, 0.6) is 5.75 Å². The third-order valence-corrected chi connectivity index (χ3v) is 4.36. The molecule has 0 spiro atoms. The number of ketones is 1. The van der Waals surface area contributed by atoms with Gasteiger partial charge >= 0.3 is 5.97 Å². The van der Waals surface area contributed by atoms with E-state index in [9.17, 15) is 9.59 Å². The predicted octanol–water partition coefficient (Wildman–Crippen LogP) is 3.41. The molecule has 0 N–H and O–H groups in total. The quantitative estimate of drug-likeness (QED) is 0.591. The number of methoxy groups -OCH3 is 1. The van der Waals surface area contributed by atoms with Crippen LogP contribution in [0.4, 0.5) is 0 Å². The van der Waals surface area contributed by atoms with Gasteiger partial charge in [-0.3, -0.25) is 4.79 Å². The number of esters is 1. The molecule has 26 heavy (non-hydrogen) atoms. The van der Waals surface area contributed by atoms with E-state index in [2.05, 4.69) is 6.07 Å². The molecular weight excluding hydrogens is 330 g/mol. The lowest BCUT2D eigenvalue weighted by molar-refractivity contribution is -0.139. The van der Waals surface area contributed by atoms with Gasteiger partial charge in [-0.15, -0.1) is 0 Å². The average Bonchev–Trinajstić information content (AvgIpc) is 3.12. The summed E-state index contributed by atoms with van der Waals surface area (Å²) in [4.78, 5) is 24.2. The summed E-state index contributed by atoms with van der Waals surface area (Å²) in [5.41, 5.74) is 1.95. The zero-order valence-electron chi connectivity index (χ0n) is 14.2. The van der Waals surface area contributed by atoms with Crippen molar-refractivity contribution in [2.75, 3.05) is 7.11 Å². The maximum Gasteiger partial charge on any atom is 0.331 e. The highest BCUT2D eigenvalue weighted by atomic mass is 16.5. The smallest absolute Gasteiger partial charge is 0.331 e. The van der Waals surface area contributed by atoms with E-state index in [1.807, 2.05) is 0 Å². The van der Waals surface area contributed by atoms with Gasteiger partial charge in [0.15, 0.2) is 5.78 Å². The minimum atomic E-state index is -0.502. The number of Topliss-reactive ketones (excluding diaryl/α,β-unsaturated/α-hetero) is 1. The van der Waals surface area contributed by atoms with Gasteiger partial charge in [-0.25, -0.2) is 4.79 Å². The van der Waals surface area contributed by atoms with E-state index in [1.54, 1.807) is 61.7 Å². The molecule has 5 heteroatoms. The second kappa shape index (κ2) is 7.66. The molecule has 0 unspecified atom stereocenters. The van der Waals surface area contributed by atoms with Crippen molar-refractivity contribution >= 4 is 11.8 Å². The Balaban J connectivity index is 1.84. The van der Waals surface area contributed by atoms with Crippen molar-refractivity contribution in [3.05, 3.63) is 77.4 Å². The molecule has 2 aromatic carbocycles. The van der Waals surface area contributed by atoms with Crippen molar-refractivity contribution in [3.8, 4) is 11.8 Å². The van der Waals surface area contributed by atoms with Gasteiger partial charge in [0.25, 0.3) is 0 Å². The van der Waals surface area contributed by atoms with Crippen molar-refractivity contribution in [1.29, 1.82) is 5.26 Å². The summed E-state index contributed by atoms with van der Waals surface area (Å²) < 4.78 is 10.4. The van der Waals surface area contributed by atoms with Crippen LogP contribution in [0.2, 0.25) is 0 Å². The van der Waals surface area contributed by atoms with Crippen LogP contribution in [0.15, 0.2) is 60.7 Å². The number of carbonyl (C=O) groups excluding carboxylic acids is 2. The fraction of sp³-hybridized carbons (Fsp3) is 0.190. The van der Waals surface area contributed by atoms with Crippen molar-refractivity contribution in [3.63, 3.8) is 0 Å². The Morgan fingerprint density at radius 3 is 2.42 bits per heavy atom. The summed E-state index contributed by atoms with van der Waals surface area (Å²) in [6.45, 7) is 0. The van der Waals surface area contributed by atoms with Crippen LogP contribution in [0, 0.1) is 11.3 Å². The molecule has 0 aliphatic carbocycles. The van der Waals surface area contributed by atoms with E-state index >= 15 is 0 Å². The number of nitrogens with zero attached hydrogens (tertiary/aromatic N) is 1. The Morgan fingerprint density at radius 2 is 1.88 bits per heavy atom. The molecule has 5 nitrogen and oxygen atoms in total. The maximum absolute atomic E-state index is 12.7. The second-order valence-corrected chi connectivity index (χ2v) is 5.96. The third kappa shape index (κ3) is 3.81. The molecule has 1 aliphatic heterocycles. The molecule has 0 saturated heterocycles. The second-order valence-electron chi connectivity index (χ2n) is 5.96. The molecule has 0 radical (unpaired) electrons. The van der Waals surface area contributed by atoms with Crippen molar-refractivity contribution in [2.24, 2.45) is 0 Å². The Bertz CT molecular complexity index is 876. The van der Waals surface area contributed by atoms with E-state index < -0.39 is 12.1 Å². The predicted molar refractivity (Wildman–Crippen MR) is 94.9 cm³/mol. The molecule has 0 aromatic heterocycles. The summed E-state index contributed by atoms with van der Waals surface area (Å²) in [6.07, 6.45) is 2.73. The van der Waals surface area contributed by atoms with E-state index in [4.69, 9.17) is 14.7 Å². The zero-order valence-corrected chi connectivity index (χ0v) is 14.2. The fourth-order valence-electron chi connectivity index (χ4n) is 2.93. The normalized spacial score (nSPS) is 16.6. The molecule has 1 heterocycles. The lowest BCUT2D eigenvalue weighted by atomic mass is 9.87. The number of hydrogen-bond donors (Lipinski definition) is 0. The molecule has 1 aliphatic rings. The van der Waals surface area contributed by atoms with Gasteiger partial charge in [0.2, 0.25) is 0 Å². The molecule has 2 atom stereocenters. The number of ether oxygens (including phenoxy) is 2. The van der Waals surface area contributed by atoms with Gasteiger partial charge in [-0.1, -0.05) is 12.1 Å². The SMILES string of the molecule is COc1ccc(C(=O)C[C@H](c2ccc(C#N)cc2)[C@@H]2C=CC(=O)O2)cc1. The zero-order chi connectivity index (χ0) is 18.5. The molecule has 0 saturated carbocycles. The van der Waals surface area contributed by atoms with Gasteiger partial charge in [-0.05, 0) is 48.0 Å². The van der Waals surface area contributed by atoms with Crippen LogP contribution in [-0.2, 0) is 9.53 Å². The first-order valence-electron chi connectivity index (χ1n) is 8.17. The number of carbonyl (C=O) groups is 2. The lowest BCUT2D eigenvalue weighted by Crippen LogP contribution is -2.22. The highest BCUT2D eigenvalue weighted by Crippen LogP contribution is 2.31. The van der Waals surface area contributed by atoms with Gasteiger partial charge in [0, 0.05) is 24.0 Å². The number of benzene rings is 2. The number of hydrogen-bond acceptors (Lipinski definition) is 5. The average molecular weight is 347 g/mol. The fourth-order valence-corrected chi connectivity index (χ4v) is 2.93. The minimum absolute atomic E-state index is 0.0571. The van der Waals surface area contributed by atoms with Crippen LogP contribution < -0.4 is 4.74 Å². The maximum atomic E-state index is 12.7. The highest BCUT2D eigenvalue weighted by molar-refractivity contribution is 5.97. The topological polar surface area (TPSA) is 76.4 Å². The van der Waals surface area contributed by atoms with E-state index in [0.717, 1.165) is 5.56 Å². The molecule has 0 fully saturated rings. The van der Waals surface area contributed by atoms with Crippen molar-refractivity contribution in [2.45, 2.75) is 18.4 Å². The summed E-state index contributed by atoms with van der Waals surface area (Å²) in [5.74, 6) is -0.109. The van der Waals surface area contributed by atoms with Gasteiger partial charge in [0.1, 0.15) is 11.9 Å². The van der Waals surface area contributed by atoms with Gasteiger partial charge in [-0.2, -0.15) is 5.26 Å². The summed E-state index contributed by atoms with van der Waals surface area (Å²) in [7, 11) is 1.57. The van der Waals surface area contributed by atoms with Crippen LogP contribution in [0.1, 0.15) is 33.8 Å². The highest BCUT2D eigenvalue weighted by Gasteiger charge is 2.30. The first-order chi connectivity index (χ1) is 12.6. The van der Waals surface area contributed by atoms with Gasteiger partial charge in [0.05, 0.1) is 18.7 Å². The number of rotatable bonds is 6. The number of cyclic esters (lactones) is 1. The van der Waals surface area contributed by atoms with Crippen LogP contribution in [-0.4, -0.2) is 25.0 Å². The van der Waals surface area contributed by atoms with E-state index in [0.29, 0.717) is 16.9 Å². The molecular formula is C21H17NO4. The Kier molecular flexibility index (Phi) is 5.14. The summed E-state index contributed by atoms with van der Waals surface area (Å²) in [6, 6.07) is 16.0. The third-order valence-electron chi connectivity index (χ3n) is 4.36. The standard InChI is InChI=1S/C21H17NO4/c1-25-17-8-6-16(7-9-17)19(23)12-18(20-10-11-21(24)26-20)15-4-2-14(13-22)3-5-15/h2-11,18,20H,12H2,1H3/t18-,20+/m1/s1. The largest absolute Gasteiger partial charge is 0.497 e. The molecule has 3 rings (SSSR count). The first-order valence-corrected chi connectivity index (χ1v) is 8.17. The Morgan fingerprint density at radius 1 is 1.19 bits per heavy atom. The van der Waals surface area contributed by atoms with Crippen LogP contribution in [0.25, 0.3) is 0 Å². The van der Waals surface area contributed by atoms with Crippen LogP contribution in [0.3, 0.4) is 0 Å². The monoisotopic (exact) mass is 347 g/mol.